The minimum atomic E-state index is -0.143. The summed E-state index contributed by atoms with van der Waals surface area (Å²) in [5.41, 5.74) is 4.91. The summed E-state index contributed by atoms with van der Waals surface area (Å²) in [4.78, 5) is 11.7. The van der Waals surface area contributed by atoms with E-state index in [4.69, 9.17) is 9.47 Å². The Kier molecular flexibility index (Phi) is 10.3. The van der Waals surface area contributed by atoms with Gasteiger partial charge in [-0.05, 0) is 68.3 Å². The van der Waals surface area contributed by atoms with Crippen LogP contribution in [0.4, 0.5) is 0 Å². The minimum Gasteiger partial charge on any atom is -0.359 e. The number of ether oxygens (including phenoxy) is 2. The molecule has 3 atom stereocenters. The maximum Gasteiger partial charge on any atom is 0.148 e. The van der Waals surface area contributed by atoms with Crippen molar-refractivity contribution in [3.05, 3.63) is 32.5 Å². The third kappa shape index (κ3) is 6.31. The van der Waals surface area contributed by atoms with Crippen LogP contribution in [0, 0.1) is 11.3 Å². The highest BCUT2D eigenvalue weighted by atomic mass is 127. The van der Waals surface area contributed by atoms with E-state index in [0.717, 1.165) is 44.0 Å². The second-order valence-corrected chi connectivity index (χ2v) is 8.48. The van der Waals surface area contributed by atoms with E-state index in [1.165, 1.54) is 16.7 Å². The maximum atomic E-state index is 11.7. The molecular formula is C22H35IO3. The first-order valence-corrected chi connectivity index (χ1v) is 10.7. The Labute approximate surface area is 173 Å². The van der Waals surface area contributed by atoms with Gasteiger partial charge in [0, 0.05) is 12.7 Å². The van der Waals surface area contributed by atoms with Gasteiger partial charge in [0.2, 0.25) is 0 Å². The van der Waals surface area contributed by atoms with Gasteiger partial charge in [0.1, 0.15) is 13.1 Å². The van der Waals surface area contributed by atoms with E-state index in [1.807, 2.05) is 0 Å². The van der Waals surface area contributed by atoms with E-state index in [0.29, 0.717) is 5.92 Å². The van der Waals surface area contributed by atoms with Gasteiger partial charge in [-0.3, -0.25) is 4.79 Å². The molecule has 0 aromatic carbocycles. The average Bonchev–Trinajstić information content (AvgIpc) is 2.62. The van der Waals surface area contributed by atoms with Gasteiger partial charge in [-0.15, -0.1) is 0 Å². The molecule has 0 amide bonds. The number of aldehydes is 1. The van der Waals surface area contributed by atoms with Crippen LogP contribution in [0.2, 0.25) is 0 Å². The van der Waals surface area contributed by atoms with E-state index in [-0.39, 0.29) is 18.3 Å². The molecule has 1 rings (SSSR count). The van der Waals surface area contributed by atoms with Crippen LogP contribution in [0.15, 0.2) is 32.5 Å². The Morgan fingerprint density at radius 2 is 2.00 bits per heavy atom. The molecule has 148 valence electrons. The minimum absolute atomic E-state index is 0.0380. The highest BCUT2D eigenvalue weighted by molar-refractivity contribution is 14.1. The normalized spacial score (nSPS) is 27.8. The van der Waals surface area contributed by atoms with Gasteiger partial charge in [0.25, 0.3) is 0 Å². The molecule has 0 radical (unpaired) electrons. The van der Waals surface area contributed by atoms with E-state index < -0.39 is 0 Å². The van der Waals surface area contributed by atoms with Crippen LogP contribution in [0.3, 0.4) is 0 Å². The van der Waals surface area contributed by atoms with E-state index in [2.05, 4.69) is 67.4 Å². The van der Waals surface area contributed by atoms with Gasteiger partial charge >= 0.3 is 0 Å². The van der Waals surface area contributed by atoms with Crippen molar-refractivity contribution in [2.75, 3.05) is 13.9 Å². The van der Waals surface area contributed by atoms with Crippen molar-refractivity contribution >= 4 is 28.9 Å². The lowest BCUT2D eigenvalue weighted by Gasteiger charge is -2.44. The molecule has 0 saturated heterocycles. The third-order valence-electron chi connectivity index (χ3n) is 6.06. The van der Waals surface area contributed by atoms with Gasteiger partial charge in [-0.1, -0.05) is 59.2 Å². The fraction of sp³-hybridized carbons (Fsp3) is 0.682. The van der Waals surface area contributed by atoms with Gasteiger partial charge in [-0.2, -0.15) is 0 Å². The van der Waals surface area contributed by atoms with Crippen molar-refractivity contribution in [2.45, 2.75) is 72.8 Å². The predicted octanol–water partition coefficient (Wildman–Crippen LogP) is 6.38. The van der Waals surface area contributed by atoms with E-state index >= 15 is 0 Å². The Morgan fingerprint density at radius 3 is 2.58 bits per heavy atom. The fourth-order valence-corrected chi connectivity index (χ4v) is 4.03. The first kappa shape index (κ1) is 23.6. The zero-order chi connectivity index (χ0) is 19.7. The Balaban J connectivity index is 2.83. The SMILES string of the molecule is COCO[C@H]1C[C@@H](C)[C@@](C)(CC/C(C)=C/CC/C(C)=C/I)C(C)=C1C=O. The summed E-state index contributed by atoms with van der Waals surface area (Å²) in [5.74, 6) is 0.463. The lowest BCUT2D eigenvalue weighted by atomic mass is 9.62. The highest BCUT2D eigenvalue weighted by Crippen LogP contribution is 2.48. The zero-order valence-corrected chi connectivity index (χ0v) is 19.4. The Hall–Kier alpha value is -0.460. The maximum absolute atomic E-state index is 11.7. The Morgan fingerprint density at radius 1 is 1.31 bits per heavy atom. The van der Waals surface area contributed by atoms with Crippen molar-refractivity contribution in [3.8, 4) is 0 Å². The van der Waals surface area contributed by atoms with Crippen molar-refractivity contribution in [1.82, 2.24) is 0 Å². The fourth-order valence-electron chi connectivity index (χ4n) is 3.71. The molecule has 0 unspecified atom stereocenters. The molecule has 0 aromatic rings. The van der Waals surface area contributed by atoms with Crippen molar-refractivity contribution in [3.63, 3.8) is 0 Å². The molecular weight excluding hydrogens is 439 g/mol. The summed E-state index contributed by atoms with van der Waals surface area (Å²) in [7, 11) is 1.61. The van der Waals surface area contributed by atoms with Crippen LogP contribution in [0.1, 0.15) is 66.7 Å². The largest absolute Gasteiger partial charge is 0.359 e. The molecule has 0 saturated carbocycles. The summed E-state index contributed by atoms with van der Waals surface area (Å²) in [6.07, 6.45) is 8.44. The van der Waals surface area contributed by atoms with Gasteiger partial charge in [-0.25, -0.2) is 0 Å². The summed E-state index contributed by atoms with van der Waals surface area (Å²) in [6.45, 7) is 11.3. The molecule has 0 aromatic heterocycles. The highest BCUT2D eigenvalue weighted by Gasteiger charge is 2.41. The molecule has 0 N–H and O–H groups in total. The lowest BCUT2D eigenvalue weighted by molar-refractivity contribution is -0.110. The smallest absolute Gasteiger partial charge is 0.148 e. The standard InChI is InChI=1S/C22H35IO3/c1-16(8-7-9-17(2)13-23)10-11-22(5)18(3)12-21(26-15-25-6)20(14-24)19(22)4/h8,13-14,18,21H,7,9-12,15H2,1-6H3/b16-8+,17-13+/t18-,21+,22-/m1/s1. The van der Waals surface area contributed by atoms with Crippen LogP contribution < -0.4 is 0 Å². The number of hydrogen-bond donors (Lipinski definition) is 0. The van der Waals surface area contributed by atoms with Crippen LogP contribution >= 0.6 is 22.6 Å². The zero-order valence-electron chi connectivity index (χ0n) is 17.2. The van der Waals surface area contributed by atoms with Crippen LogP contribution in [-0.4, -0.2) is 26.3 Å². The third-order valence-corrected chi connectivity index (χ3v) is 7.13. The molecule has 4 heteroatoms. The summed E-state index contributed by atoms with van der Waals surface area (Å²) < 4.78 is 12.9. The van der Waals surface area contributed by atoms with Crippen LogP contribution in [-0.2, 0) is 14.3 Å². The molecule has 0 spiro atoms. The first-order valence-electron chi connectivity index (χ1n) is 9.48. The molecule has 1 aliphatic rings. The van der Waals surface area contributed by atoms with E-state index in [1.54, 1.807) is 7.11 Å². The molecule has 0 aliphatic heterocycles. The average molecular weight is 474 g/mol. The number of hydrogen-bond acceptors (Lipinski definition) is 3. The quantitative estimate of drug-likeness (QED) is 0.160. The summed E-state index contributed by atoms with van der Waals surface area (Å²) >= 11 is 2.30. The monoisotopic (exact) mass is 474 g/mol. The predicted molar refractivity (Wildman–Crippen MR) is 117 cm³/mol. The number of allylic oxidation sites excluding steroid dienone is 4. The summed E-state index contributed by atoms with van der Waals surface area (Å²) in [5, 5.41) is 0. The van der Waals surface area contributed by atoms with E-state index in [9.17, 15) is 4.79 Å². The molecule has 0 bridgehead atoms. The number of carbonyl (C=O) groups is 1. The Bertz CT molecular complexity index is 562. The molecule has 1 aliphatic carbocycles. The number of carbonyl (C=O) groups excluding carboxylic acids is 1. The number of methoxy groups -OCH3 is 1. The summed E-state index contributed by atoms with van der Waals surface area (Å²) in [6, 6.07) is 0. The number of rotatable bonds is 10. The molecule has 26 heavy (non-hydrogen) atoms. The van der Waals surface area contributed by atoms with Crippen molar-refractivity contribution < 1.29 is 14.3 Å². The molecule has 0 fully saturated rings. The van der Waals surface area contributed by atoms with Gasteiger partial charge in [0.05, 0.1) is 6.10 Å². The van der Waals surface area contributed by atoms with Crippen LogP contribution in [0.5, 0.6) is 0 Å². The number of halogens is 1. The molecule has 3 nitrogen and oxygen atoms in total. The van der Waals surface area contributed by atoms with Gasteiger partial charge < -0.3 is 9.47 Å². The molecule has 0 heterocycles. The van der Waals surface area contributed by atoms with Gasteiger partial charge in [0.15, 0.2) is 0 Å². The topological polar surface area (TPSA) is 35.5 Å². The van der Waals surface area contributed by atoms with Crippen molar-refractivity contribution in [1.29, 1.82) is 0 Å². The second-order valence-electron chi connectivity index (χ2n) is 7.86. The first-order chi connectivity index (χ1) is 12.3. The second kappa shape index (κ2) is 11.4. The van der Waals surface area contributed by atoms with Crippen molar-refractivity contribution in [2.24, 2.45) is 11.3 Å². The lowest BCUT2D eigenvalue weighted by Crippen LogP contribution is -2.39. The van der Waals surface area contributed by atoms with Crippen LogP contribution in [0.25, 0.3) is 0 Å².